The fourth-order valence-electron chi connectivity index (χ4n) is 3.17. The number of imidazole rings is 1. The van der Waals surface area contributed by atoms with Gasteiger partial charge in [-0.15, -0.1) is 11.3 Å². The Balaban J connectivity index is 1.67. The average molecular weight is 375 g/mol. The number of rotatable bonds is 7. The third-order valence-electron chi connectivity index (χ3n) is 4.74. The van der Waals surface area contributed by atoms with Crippen molar-refractivity contribution in [3.05, 3.63) is 40.6 Å². The quantitative estimate of drug-likeness (QED) is 0.790. The van der Waals surface area contributed by atoms with Gasteiger partial charge in [0, 0.05) is 50.5 Å². The maximum absolute atomic E-state index is 12.9. The highest BCUT2D eigenvalue weighted by Gasteiger charge is 2.33. The van der Waals surface area contributed by atoms with Gasteiger partial charge in [-0.25, -0.2) is 4.98 Å². The van der Waals surface area contributed by atoms with Crippen LogP contribution >= 0.6 is 11.3 Å². The van der Waals surface area contributed by atoms with Crippen LogP contribution < -0.4 is 5.32 Å². The number of carbonyl (C=O) groups excluding carboxylic acids is 2. The molecule has 0 radical (unpaired) electrons. The smallest absolute Gasteiger partial charge is 0.237 e. The largest absolute Gasteiger partial charge is 0.353 e. The molecule has 0 aliphatic carbocycles. The first-order chi connectivity index (χ1) is 12.6. The number of aromatic nitrogens is 2. The van der Waals surface area contributed by atoms with E-state index in [2.05, 4.69) is 21.3 Å². The van der Waals surface area contributed by atoms with Crippen LogP contribution in [0.4, 0.5) is 0 Å². The molecule has 8 heteroatoms. The van der Waals surface area contributed by atoms with Crippen molar-refractivity contribution < 1.29 is 9.59 Å². The molecule has 0 saturated carbocycles. The maximum Gasteiger partial charge on any atom is 0.237 e. The first-order valence-corrected chi connectivity index (χ1v) is 9.74. The summed E-state index contributed by atoms with van der Waals surface area (Å²) in [7, 11) is 1.91. The van der Waals surface area contributed by atoms with Crippen LogP contribution in [-0.2, 0) is 29.7 Å². The van der Waals surface area contributed by atoms with Gasteiger partial charge in [-0.3, -0.25) is 14.5 Å². The number of hydrogen-bond donors (Lipinski definition) is 1. The summed E-state index contributed by atoms with van der Waals surface area (Å²) in [6.07, 6.45) is 3.78. The predicted octanol–water partition coefficient (Wildman–Crippen LogP) is 1.22. The number of hydrogen-bond acceptors (Lipinski definition) is 5. The van der Waals surface area contributed by atoms with E-state index < -0.39 is 6.04 Å². The average Bonchev–Trinajstić information content (AvgIpc) is 3.27. The Morgan fingerprint density at radius 2 is 2.35 bits per heavy atom. The first-order valence-electron chi connectivity index (χ1n) is 8.86. The van der Waals surface area contributed by atoms with Gasteiger partial charge in [-0.1, -0.05) is 6.07 Å². The van der Waals surface area contributed by atoms with Gasteiger partial charge >= 0.3 is 0 Å². The van der Waals surface area contributed by atoms with E-state index in [1.54, 1.807) is 22.4 Å². The van der Waals surface area contributed by atoms with Crippen molar-refractivity contribution in [2.45, 2.75) is 32.5 Å². The van der Waals surface area contributed by atoms with Crippen LogP contribution in [0.5, 0.6) is 0 Å². The van der Waals surface area contributed by atoms with E-state index in [0.717, 1.165) is 12.4 Å². The Labute approximate surface area is 157 Å². The van der Waals surface area contributed by atoms with Crippen LogP contribution in [-0.4, -0.2) is 56.8 Å². The number of aryl methyl sites for hydroxylation is 1. The molecule has 1 N–H and O–H groups in total. The standard InChI is InChI=1S/C18H25N5O2S/c1-3-22(13-16-19-6-8-21(16)2)17(24)11-15-18(25)20-7-9-23(15)12-14-5-4-10-26-14/h4-6,8,10,15H,3,7,9,11-13H2,1-2H3,(H,20,25). The van der Waals surface area contributed by atoms with Gasteiger partial charge in [-0.2, -0.15) is 0 Å². The summed E-state index contributed by atoms with van der Waals surface area (Å²) >= 11 is 1.67. The molecule has 0 aromatic carbocycles. The van der Waals surface area contributed by atoms with Crippen LogP contribution in [0.25, 0.3) is 0 Å². The van der Waals surface area contributed by atoms with Crippen molar-refractivity contribution in [3.8, 4) is 0 Å². The number of amides is 2. The minimum Gasteiger partial charge on any atom is -0.353 e. The highest BCUT2D eigenvalue weighted by atomic mass is 32.1. The van der Waals surface area contributed by atoms with E-state index in [4.69, 9.17) is 0 Å². The molecule has 1 unspecified atom stereocenters. The van der Waals surface area contributed by atoms with E-state index in [0.29, 0.717) is 26.2 Å². The topological polar surface area (TPSA) is 70.5 Å². The summed E-state index contributed by atoms with van der Waals surface area (Å²) in [5.41, 5.74) is 0. The monoisotopic (exact) mass is 375 g/mol. The number of nitrogens with zero attached hydrogens (tertiary/aromatic N) is 4. The van der Waals surface area contributed by atoms with Gasteiger partial charge in [-0.05, 0) is 18.4 Å². The Bertz CT molecular complexity index is 743. The SMILES string of the molecule is CCN(Cc1nccn1C)C(=O)CC1C(=O)NCCN1Cc1cccs1. The molecule has 140 valence electrons. The molecule has 3 heterocycles. The molecule has 1 aliphatic rings. The van der Waals surface area contributed by atoms with Crippen molar-refractivity contribution in [2.24, 2.45) is 7.05 Å². The molecular formula is C18H25N5O2S. The number of nitrogens with one attached hydrogen (secondary N) is 1. The molecule has 1 atom stereocenters. The van der Waals surface area contributed by atoms with E-state index in [1.807, 2.05) is 36.2 Å². The molecule has 26 heavy (non-hydrogen) atoms. The normalized spacial score (nSPS) is 17.9. The van der Waals surface area contributed by atoms with E-state index in [9.17, 15) is 9.59 Å². The van der Waals surface area contributed by atoms with Crippen molar-refractivity contribution in [2.75, 3.05) is 19.6 Å². The molecule has 0 bridgehead atoms. The first kappa shape index (κ1) is 18.6. The Kier molecular flexibility index (Phi) is 6.05. The van der Waals surface area contributed by atoms with Gasteiger partial charge in [0.2, 0.25) is 11.8 Å². The number of piperazine rings is 1. The zero-order valence-corrected chi connectivity index (χ0v) is 16.0. The van der Waals surface area contributed by atoms with Crippen LogP contribution in [0.1, 0.15) is 24.0 Å². The van der Waals surface area contributed by atoms with Crippen molar-refractivity contribution in [1.82, 2.24) is 24.7 Å². The fourth-order valence-corrected chi connectivity index (χ4v) is 3.90. The lowest BCUT2D eigenvalue weighted by atomic mass is 10.1. The van der Waals surface area contributed by atoms with E-state index in [1.165, 1.54) is 4.88 Å². The van der Waals surface area contributed by atoms with Gasteiger partial charge in [0.25, 0.3) is 0 Å². The third kappa shape index (κ3) is 4.31. The van der Waals surface area contributed by atoms with Crippen LogP contribution in [0, 0.1) is 0 Å². The Morgan fingerprint density at radius 1 is 1.50 bits per heavy atom. The minimum absolute atomic E-state index is 0.0197. The summed E-state index contributed by atoms with van der Waals surface area (Å²) in [4.78, 5) is 34.6. The lowest BCUT2D eigenvalue weighted by molar-refractivity contribution is -0.139. The van der Waals surface area contributed by atoms with Crippen molar-refractivity contribution >= 4 is 23.2 Å². The molecule has 1 aliphatic heterocycles. The summed E-state index contributed by atoms with van der Waals surface area (Å²) in [6.45, 7) is 5.08. The van der Waals surface area contributed by atoms with Gasteiger partial charge < -0.3 is 14.8 Å². The second-order valence-corrected chi connectivity index (χ2v) is 7.46. The summed E-state index contributed by atoms with van der Waals surface area (Å²) in [5, 5.41) is 4.93. The molecule has 1 saturated heterocycles. The summed E-state index contributed by atoms with van der Waals surface area (Å²) in [5.74, 6) is 0.756. The van der Waals surface area contributed by atoms with Gasteiger partial charge in [0.1, 0.15) is 5.82 Å². The second kappa shape index (κ2) is 8.46. The van der Waals surface area contributed by atoms with E-state index >= 15 is 0 Å². The molecule has 2 amide bonds. The molecule has 7 nitrogen and oxygen atoms in total. The molecule has 2 aromatic heterocycles. The number of carbonyl (C=O) groups is 2. The van der Waals surface area contributed by atoms with Crippen LogP contribution in [0.15, 0.2) is 29.9 Å². The predicted molar refractivity (Wildman–Crippen MR) is 100 cm³/mol. The lowest BCUT2D eigenvalue weighted by Gasteiger charge is -2.35. The minimum atomic E-state index is -0.422. The Morgan fingerprint density at radius 3 is 3.00 bits per heavy atom. The molecule has 3 rings (SSSR count). The molecule has 2 aromatic rings. The maximum atomic E-state index is 12.9. The number of thiophene rings is 1. The van der Waals surface area contributed by atoms with Gasteiger partial charge in [0.15, 0.2) is 0 Å². The Hall–Kier alpha value is -2.19. The molecule has 0 spiro atoms. The second-order valence-electron chi connectivity index (χ2n) is 6.42. The molecular weight excluding hydrogens is 350 g/mol. The summed E-state index contributed by atoms with van der Waals surface area (Å²) < 4.78 is 1.91. The van der Waals surface area contributed by atoms with Crippen molar-refractivity contribution in [1.29, 1.82) is 0 Å². The van der Waals surface area contributed by atoms with E-state index in [-0.39, 0.29) is 18.2 Å². The zero-order valence-electron chi connectivity index (χ0n) is 15.2. The molecule has 1 fully saturated rings. The highest BCUT2D eigenvalue weighted by molar-refractivity contribution is 7.09. The van der Waals surface area contributed by atoms with Crippen molar-refractivity contribution in [3.63, 3.8) is 0 Å². The highest BCUT2D eigenvalue weighted by Crippen LogP contribution is 2.18. The zero-order chi connectivity index (χ0) is 18.5. The summed E-state index contributed by atoms with van der Waals surface area (Å²) in [6, 6.07) is 3.65. The third-order valence-corrected chi connectivity index (χ3v) is 5.60. The van der Waals surface area contributed by atoms with Crippen LogP contribution in [0.2, 0.25) is 0 Å². The lowest BCUT2D eigenvalue weighted by Crippen LogP contribution is -2.56. The van der Waals surface area contributed by atoms with Gasteiger partial charge in [0.05, 0.1) is 19.0 Å². The fraction of sp³-hybridized carbons (Fsp3) is 0.500. The van der Waals surface area contributed by atoms with Crippen LogP contribution in [0.3, 0.4) is 0 Å².